The van der Waals surface area contributed by atoms with Crippen molar-refractivity contribution in [2.45, 2.75) is 288 Å². The molecule has 3 rings (SSSR count). The Morgan fingerprint density at radius 3 is 0.794 bits per heavy atom. The second-order valence-corrected chi connectivity index (χ2v) is 34.8. The summed E-state index contributed by atoms with van der Waals surface area (Å²) in [7, 11) is 0. The van der Waals surface area contributed by atoms with Crippen molar-refractivity contribution in [1.82, 2.24) is 69.1 Å². The van der Waals surface area contributed by atoms with Crippen LogP contribution in [0.4, 0.5) is 0 Å². The smallest absolute Gasteiger partial charge is 0.245 e. The number of phenols is 1. The number of nitrogens with zero attached hydrogens (tertiary/aromatic N) is 2. The van der Waals surface area contributed by atoms with Gasteiger partial charge >= 0.3 is 0 Å². The van der Waals surface area contributed by atoms with E-state index in [0.717, 1.165) is 0 Å². The highest BCUT2D eigenvalue weighted by Gasteiger charge is 2.39. The fraction of sp³-hybridized carbons (Fsp3) is 0.622. The van der Waals surface area contributed by atoms with E-state index in [1.165, 1.54) is 12.1 Å². The zero-order chi connectivity index (χ0) is 97.7. The van der Waals surface area contributed by atoms with Gasteiger partial charge in [0.1, 0.15) is 84.3 Å². The Bertz CT molecular complexity index is 4080. The number of carbonyl (C=O) groups is 14. The van der Waals surface area contributed by atoms with E-state index in [9.17, 15) is 77.3 Å². The standard InChI is InChI=1S/C90H151N25O16/c1-53(2)45-68(82(125)107-66(34-24-44-102-90(99)100)78(121)104-63(31-17-21-41-93)79(122)108-67(75(96)118)49-59-35-37-60(117)38-36-59)112-88(131)74(52-116)115-87(130)73(51-58-27-13-10-14-28-58)114-85(128)71(48-56(7)8)111-83(126)69(46-54(3)4)109-80(123)64(32-18-22-42-94)105-77(120)62(30-16-20-40-92)106-86(129)72(50-57-25-11-9-12-26-57)113-84(127)70(47-55(5)6)110-81(124)65(33-23-43-101-89(97)98)103-76(119)61(95)29-15-19-39-91/h9-14,25-28,35-38,53-56,61-74,116-117H,15-24,29-34,39-52,91-95H2,1-8H3,(H2,96,118)(H,103,119)(H,104,121)(H,105,120)(H,106,129)(H,107,125)(H,108,122)(H,109,123)(H,110,124)(H,111,126)(H,112,131)(H,113,127)(H,114,128)(H,115,130)(H4,97,98,101)(H4,99,100,102)/t61-,62-,63-,64-,65-,66-,67-,68-,69-,70-,71-,72-,73-,74-/m0/s1. The van der Waals surface area contributed by atoms with Gasteiger partial charge in [-0.1, -0.05) is 135 Å². The number of aliphatic hydroxyl groups excluding tert-OH is 1. The average molecular weight is 1840 g/mol. The van der Waals surface area contributed by atoms with Crippen LogP contribution in [-0.2, 0) is 86.4 Å². The van der Waals surface area contributed by atoms with Gasteiger partial charge in [0.05, 0.1) is 12.6 Å². The van der Waals surface area contributed by atoms with Crippen molar-refractivity contribution in [2.75, 3.05) is 45.9 Å². The summed E-state index contributed by atoms with van der Waals surface area (Å²) in [5.74, 6) is -13.2. The molecule has 3 aromatic rings. The molecule has 0 saturated heterocycles. The number of nitrogens with two attached hydrogens (primary N) is 10. The number of phenolic OH excluding ortho intramolecular Hbond substituents is 1. The molecule has 0 aromatic heterocycles. The van der Waals surface area contributed by atoms with Gasteiger partial charge in [0.15, 0.2) is 11.9 Å². The number of hydrogen-bond acceptors (Lipinski definition) is 23. The minimum Gasteiger partial charge on any atom is -0.508 e. The van der Waals surface area contributed by atoms with Crippen LogP contribution in [0.1, 0.15) is 200 Å². The van der Waals surface area contributed by atoms with Gasteiger partial charge in [-0.05, 0) is 201 Å². The van der Waals surface area contributed by atoms with E-state index in [-0.39, 0.29) is 164 Å². The molecule has 0 aliphatic heterocycles. The van der Waals surface area contributed by atoms with Gasteiger partial charge in [-0.3, -0.25) is 77.1 Å². The van der Waals surface area contributed by atoms with E-state index in [1.54, 1.807) is 114 Å². The van der Waals surface area contributed by atoms with Gasteiger partial charge in [0, 0.05) is 32.4 Å². The lowest BCUT2D eigenvalue weighted by Gasteiger charge is -2.29. The molecule has 732 valence electrons. The fourth-order valence-electron chi connectivity index (χ4n) is 14.2. The zero-order valence-corrected chi connectivity index (χ0v) is 77.5. The fourth-order valence-corrected chi connectivity index (χ4v) is 14.2. The molecule has 0 aliphatic rings. The molecular formula is C90H151N25O16. The molecule has 0 unspecified atom stereocenters. The Hall–Kier alpha value is -11.7. The Balaban J connectivity index is 2.01. The summed E-state index contributed by atoms with van der Waals surface area (Å²) in [5, 5.41) is 56.2. The SMILES string of the molecule is CC(C)C[C@H](NC(=O)[C@H](CO)NC(=O)[C@H](Cc1ccccc1)NC(=O)[C@H](CC(C)C)NC(=O)[C@H](CC(C)C)NC(=O)[C@H](CCCCN)NC(=O)[C@H](CCCCN)NC(=O)[C@H](Cc1ccccc1)NC(=O)[C@H](CC(C)C)NC(=O)[C@H](CCCN=C(N)N)NC(=O)[C@@H](N)CCCCN)C(=O)N[C@@H](CCCN=C(N)N)C(=O)N[C@@H](CCCCN)C(=O)N[C@@H](Cc1ccc(O)cc1)C(N)=O. The molecule has 0 spiro atoms. The predicted molar refractivity (Wildman–Crippen MR) is 501 cm³/mol. The van der Waals surface area contributed by atoms with E-state index in [0.29, 0.717) is 81.0 Å². The minimum atomic E-state index is -1.79. The largest absolute Gasteiger partial charge is 0.508 e. The third kappa shape index (κ3) is 46.1. The molecule has 35 N–H and O–H groups in total. The van der Waals surface area contributed by atoms with Crippen molar-refractivity contribution in [1.29, 1.82) is 0 Å². The number of benzene rings is 3. The van der Waals surface area contributed by atoms with Crippen LogP contribution in [0, 0.1) is 23.7 Å². The first-order valence-electron chi connectivity index (χ1n) is 45.6. The summed E-state index contributed by atoms with van der Waals surface area (Å²) < 4.78 is 0. The highest BCUT2D eigenvalue weighted by molar-refractivity contribution is 6.00. The monoisotopic (exact) mass is 1840 g/mol. The molecule has 131 heavy (non-hydrogen) atoms. The van der Waals surface area contributed by atoms with Crippen molar-refractivity contribution in [3.63, 3.8) is 0 Å². The summed E-state index contributed by atoms with van der Waals surface area (Å²) in [6.45, 7) is 14.4. The number of guanidine groups is 2. The Labute approximate surface area is 769 Å². The first-order valence-corrected chi connectivity index (χ1v) is 45.6. The number of unbranched alkanes of at least 4 members (excludes halogenated alkanes) is 4. The second kappa shape index (κ2) is 62.6. The van der Waals surface area contributed by atoms with E-state index in [1.807, 2.05) is 13.8 Å². The van der Waals surface area contributed by atoms with Crippen LogP contribution >= 0.6 is 0 Å². The summed E-state index contributed by atoms with van der Waals surface area (Å²) in [6, 6.07) is 3.98. The van der Waals surface area contributed by atoms with Gasteiger partial charge < -0.3 is 137 Å². The molecule has 14 amide bonds. The van der Waals surface area contributed by atoms with Crippen LogP contribution in [0.15, 0.2) is 94.9 Å². The molecule has 0 saturated carbocycles. The van der Waals surface area contributed by atoms with E-state index < -0.39 is 174 Å². The molecule has 0 aliphatic carbocycles. The molecule has 3 aromatic carbocycles. The lowest BCUT2D eigenvalue weighted by Crippen LogP contribution is -2.61. The lowest BCUT2D eigenvalue weighted by atomic mass is 9.98. The van der Waals surface area contributed by atoms with E-state index in [2.05, 4.69) is 79.1 Å². The highest BCUT2D eigenvalue weighted by Crippen LogP contribution is 2.19. The molecular weight excluding hydrogens is 1690 g/mol. The van der Waals surface area contributed by atoms with Crippen LogP contribution in [0.3, 0.4) is 0 Å². The Kier molecular flexibility index (Phi) is 54.2. The van der Waals surface area contributed by atoms with Crippen molar-refractivity contribution >= 4 is 94.6 Å². The zero-order valence-electron chi connectivity index (χ0n) is 77.5. The van der Waals surface area contributed by atoms with Crippen molar-refractivity contribution in [2.24, 2.45) is 91.0 Å². The number of nitrogens with one attached hydrogen (secondary N) is 13. The summed E-state index contributed by atoms with van der Waals surface area (Å²) in [6.07, 6.45) is 3.58. The normalized spacial score (nSPS) is 14.5. The van der Waals surface area contributed by atoms with E-state index >= 15 is 0 Å². The lowest BCUT2D eigenvalue weighted by molar-refractivity contribution is -0.137. The number of hydrogen-bond donors (Lipinski definition) is 25. The third-order valence-corrected chi connectivity index (χ3v) is 21.2. The van der Waals surface area contributed by atoms with Crippen LogP contribution in [0.2, 0.25) is 0 Å². The number of amides is 14. The number of primary amides is 1. The molecule has 0 fully saturated rings. The van der Waals surface area contributed by atoms with Gasteiger partial charge in [-0.25, -0.2) is 0 Å². The molecule has 0 bridgehead atoms. The van der Waals surface area contributed by atoms with Crippen LogP contribution in [0.25, 0.3) is 0 Å². The van der Waals surface area contributed by atoms with Gasteiger partial charge in [0.25, 0.3) is 0 Å². The van der Waals surface area contributed by atoms with Crippen LogP contribution in [-0.4, -0.2) is 235 Å². The average Bonchev–Trinajstić information content (AvgIpc) is 0.838. The summed E-state index contributed by atoms with van der Waals surface area (Å²) in [4.78, 5) is 211. The Morgan fingerprint density at radius 1 is 0.282 bits per heavy atom. The van der Waals surface area contributed by atoms with Crippen molar-refractivity contribution < 1.29 is 77.3 Å². The highest BCUT2D eigenvalue weighted by atomic mass is 16.3. The molecule has 14 atom stereocenters. The number of carbonyl (C=O) groups excluding carboxylic acids is 14. The predicted octanol–water partition coefficient (Wildman–Crippen LogP) is -2.66. The maximum Gasteiger partial charge on any atom is 0.245 e. The molecule has 0 radical (unpaired) electrons. The molecule has 41 nitrogen and oxygen atoms in total. The van der Waals surface area contributed by atoms with Gasteiger partial charge in [-0.15, -0.1) is 0 Å². The molecule has 41 heteroatoms. The van der Waals surface area contributed by atoms with Gasteiger partial charge in [0.2, 0.25) is 82.7 Å². The first-order chi connectivity index (χ1) is 62.2. The number of aliphatic hydroxyl groups is 1. The van der Waals surface area contributed by atoms with E-state index in [4.69, 9.17) is 57.3 Å². The minimum absolute atomic E-state index is 0.00323. The third-order valence-electron chi connectivity index (χ3n) is 21.2. The maximum absolute atomic E-state index is 15.0. The number of aromatic hydroxyl groups is 1. The quantitative estimate of drug-likeness (QED) is 0.0156. The Morgan fingerprint density at radius 2 is 0.511 bits per heavy atom. The summed E-state index contributed by atoms with van der Waals surface area (Å²) in [5.41, 5.74) is 59.3. The van der Waals surface area contributed by atoms with Crippen LogP contribution < -0.4 is 126 Å². The van der Waals surface area contributed by atoms with Gasteiger partial charge in [-0.2, -0.15) is 0 Å². The maximum atomic E-state index is 15.0. The second-order valence-electron chi connectivity index (χ2n) is 34.8. The molecule has 0 heterocycles. The van der Waals surface area contributed by atoms with Crippen molar-refractivity contribution in [3.8, 4) is 5.75 Å². The topological polar surface area (TPSA) is 721 Å². The summed E-state index contributed by atoms with van der Waals surface area (Å²) >= 11 is 0. The van der Waals surface area contributed by atoms with Crippen LogP contribution in [0.5, 0.6) is 5.75 Å². The number of rotatable bonds is 66. The van der Waals surface area contributed by atoms with Crippen molar-refractivity contribution in [3.05, 3.63) is 102 Å². The number of aliphatic imine (C=N–C) groups is 2. The first kappa shape index (κ1) is 114.